The topological polar surface area (TPSA) is 98.6 Å². The van der Waals surface area contributed by atoms with Crippen molar-refractivity contribution in [3.8, 4) is 0 Å². The Labute approximate surface area is 83.7 Å². The van der Waals surface area contributed by atoms with Crippen LogP contribution in [-0.2, 0) is 32.7 Å². The molecule has 0 saturated carbocycles. The van der Waals surface area contributed by atoms with Crippen LogP contribution in [0, 0.1) is 0 Å². The zero-order valence-electron chi connectivity index (χ0n) is 6.02. The third-order valence-electron chi connectivity index (χ3n) is 1.23. The van der Waals surface area contributed by atoms with Crippen LogP contribution in [0.4, 0.5) is 0 Å². The minimum absolute atomic E-state index is 0. The summed E-state index contributed by atoms with van der Waals surface area (Å²) < 4.78 is 0. The summed E-state index contributed by atoms with van der Waals surface area (Å²) in [7, 11) is 0. The average molecular weight is 199 g/mol. The molecular formula is C6H5N3O2Ti. The summed E-state index contributed by atoms with van der Waals surface area (Å²) in [5.41, 5.74) is 1.90. The molecule has 1 N–H and O–H groups in total. The van der Waals surface area contributed by atoms with Crippen molar-refractivity contribution in [2.75, 3.05) is 0 Å². The van der Waals surface area contributed by atoms with E-state index < -0.39 is 0 Å². The van der Waals surface area contributed by atoms with Crippen LogP contribution in [0.3, 0.4) is 0 Å². The SMILES string of the molecule is [O-2].[O-2].[Ti+4].c1ccc2[nH]nnc2c1. The molecule has 0 atom stereocenters. The molecule has 1 heterocycles. The zero-order valence-corrected chi connectivity index (χ0v) is 7.58. The molecule has 5 nitrogen and oxygen atoms in total. The van der Waals surface area contributed by atoms with E-state index >= 15 is 0 Å². The second-order valence-electron chi connectivity index (χ2n) is 1.83. The van der Waals surface area contributed by atoms with Crippen molar-refractivity contribution >= 4 is 11.0 Å². The summed E-state index contributed by atoms with van der Waals surface area (Å²) in [6.07, 6.45) is 0. The molecule has 0 bridgehead atoms. The number of nitrogens with zero attached hydrogens (tertiary/aromatic N) is 2. The number of aromatic amines is 1. The Balaban J connectivity index is 0. The second kappa shape index (κ2) is 5.85. The maximum atomic E-state index is 3.81. The van der Waals surface area contributed by atoms with Crippen LogP contribution in [0.2, 0.25) is 0 Å². The smallest absolute Gasteiger partial charge is 2.00 e. The first kappa shape index (κ1) is 13.8. The minimum Gasteiger partial charge on any atom is -2.00 e. The fraction of sp³-hybridized carbons (Fsp3) is 0. The van der Waals surface area contributed by atoms with E-state index in [1.165, 1.54) is 0 Å². The predicted molar refractivity (Wildman–Crippen MR) is 35.3 cm³/mol. The average Bonchev–Trinajstić information content (AvgIpc) is 2.33. The summed E-state index contributed by atoms with van der Waals surface area (Å²) in [6.45, 7) is 0. The molecule has 0 aliphatic heterocycles. The van der Waals surface area contributed by atoms with Gasteiger partial charge in [0, 0.05) is 0 Å². The van der Waals surface area contributed by atoms with Crippen molar-refractivity contribution < 1.29 is 32.7 Å². The van der Waals surface area contributed by atoms with Crippen LogP contribution in [0.15, 0.2) is 24.3 Å². The minimum atomic E-state index is 0. The Hall–Kier alpha value is -0.746. The largest absolute Gasteiger partial charge is 4.00 e. The van der Waals surface area contributed by atoms with Gasteiger partial charge in [-0.05, 0) is 12.1 Å². The quantitative estimate of drug-likeness (QED) is 0.632. The number of nitrogens with one attached hydrogen (secondary N) is 1. The summed E-state index contributed by atoms with van der Waals surface area (Å²) in [5, 5.41) is 10.2. The first-order valence-corrected chi connectivity index (χ1v) is 2.72. The number of H-pyrrole nitrogens is 1. The molecule has 6 heteroatoms. The third kappa shape index (κ3) is 2.39. The molecular weight excluding hydrogens is 194 g/mol. The van der Waals surface area contributed by atoms with Gasteiger partial charge in [0.2, 0.25) is 0 Å². The molecule has 1 aromatic carbocycles. The van der Waals surface area contributed by atoms with E-state index in [4.69, 9.17) is 0 Å². The Kier molecular flexibility index (Phi) is 6.73. The fourth-order valence-electron chi connectivity index (χ4n) is 0.788. The maximum absolute atomic E-state index is 3.81. The van der Waals surface area contributed by atoms with E-state index in [-0.39, 0.29) is 32.7 Å². The van der Waals surface area contributed by atoms with Gasteiger partial charge in [-0.15, -0.1) is 5.10 Å². The number of aromatic nitrogens is 3. The molecule has 0 saturated heterocycles. The summed E-state index contributed by atoms with van der Waals surface area (Å²) >= 11 is 0. The van der Waals surface area contributed by atoms with Gasteiger partial charge >= 0.3 is 21.7 Å². The standard InChI is InChI=1S/C6H5N3.2O.Ti/c1-2-4-6-5(3-1)7-9-8-6;;;/h1-4H,(H,7,8,9);;;/q;2*-2;+4. The Morgan fingerprint density at radius 2 is 1.75 bits per heavy atom. The molecule has 12 heavy (non-hydrogen) atoms. The number of para-hydroxylation sites is 1. The van der Waals surface area contributed by atoms with Gasteiger partial charge < -0.3 is 11.0 Å². The molecule has 0 aliphatic carbocycles. The fourth-order valence-corrected chi connectivity index (χ4v) is 0.788. The molecule has 0 spiro atoms. The number of fused-ring (bicyclic) bond motifs is 1. The number of benzene rings is 1. The maximum Gasteiger partial charge on any atom is 4.00 e. The molecule has 0 aliphatic rings. The number of hydrogen-bond donors (Lipinski definition) is 1. The predicted octanol–water partition coefficient (Wildman–Crippen LogP) is 0.718. The van der Waals surface area contributed by atoms with Crippen molar-refractivity contribution in [2.45, 2.75) is 0 Å². The van der Waals surface area contributed by atoms with Gasteiger partial charge in [-0.3, -0.25) is 5.10 Å². The van der Waals surface area contributed by atoms with Crippen molar-refractivity contribution in [3.05, 3.63) is 24.3 Å². The van der Waals surface area contributed by atoms with Crippen LogP contribution in [0.5, 0.6) is 0 Å². The van der Waals surface area contributed by atoms with Gasteiger partial charge in [0.25, 0.3) is 0 Å². The Morgan fingerprint density at radius 1 is 1.08 bits per heavy atom. The Morgan fingerprint density at radius 3 is 2.42 bits per heavy atom. The van der Waals surface area contributed by atoms with Crippen molar-refractivity contribution in [1.82, 2.24) is 15.4 Å². The normalized spacial score (nSPS) is 7.67. The molecule has 60 valence electrons. The number of rotatable bonds is 0. The first-order chi connectivity index (χ1) is 4.47. The summed E-state index contributed by atoms with van der Waals surface area (Å²) in [5.74, 6) is 0. The van der Waals surface area contributed by atoms with E-state index in [2.05, 4.69) is 15.4 Å². The Bertz CT molecular complexity index is 295. The molecule has 2 aromatic rings. The number of hydrogen-bond acceptors (Lipinski definition) is 2. The zero-order chi connectivity index (χ0) is 6.10. The van der Waals surface area contributed by atoms with Crippen LogP contribution in [0.1, 0.15) is 0 Å². The van der Waals surface area contributed by atoms with Gasteiger partial charge in [0.1, 0.15) is 5.52 Å². The van der Waals surface area contributed by atoms with E-state index in [0.717, 1.165) is 11.0 Å². The van der Waals surface area contributed by atoms with Crippen LogP contribution in [0.25, 0.3) is 11.0 Å². The second-order valence-corrected chi connectivity index (χ2v) is 1.83. The first-order valence-electron chi connectivity index (χ1n) is 2.72. The van der Waals surface area contributed by atoms with Crippen molar-refractivity contribution in [1.29, 1.82) is 0 Å². The molecule has 0 fully saturated rings. The van der Waals surface area contributed by atoms with Crippen LogP contribution >= 0.6 is 0 Å². The monoisotopic (exact) mass is 199 g/mol. The summed E-state index contributed by atoms with van der Waals surface area (Å²) in [6, 6.07) is 7.74. The van der Waals surface area contributed by atoms with E-state index in [1.807, 2.05) is 24.3 Å². The van der Waals surface area contributed by atoms with Gasteiger partial charge in [-0.25, -0.2) is 0 Å². The molecule has 0 unspecified atom stereocenters. The van der Waals surface area contributed by atoms with Crippen molar-refractivity contribution in [3.63, 3.8) is 0 Å². The van der Waals surface area contributed by atoms with Crippen molar-refractivity contribution in [2.24, 2.45) is 0 Å². The van der Waals surface area contributed by atoms with E-state index in [9.17, 15) is 0 Å². The van der Waals surface area contributed by atoms with Gasteiger partial charge in [0.05, 0.1) is 5.52 Å². The van der Waals surface area contributed by atoms with Crippen LogP contribution < -0.4 is 0 Å². The van der Waals surface area contributed by atoms with E-state index in [1.54, 1.807) is 0 Å². The van der Waals surface area contributed by atoms with Gasteiger partial charge in [-0.1, -0.05) is 17.3 Å². The molecule has 0 amide bonds. The van der Waals surface area contributed by atoms with Gasteiger partial charge in [0.15, 0.2) is 0 Å². The summed E-state index contributed by atoms with van der Waals surface area (Å²) in [4.78, 5) is 0. The molecule has 2 rings (SSSR count). The van der Waals surface area contributed by atoms with E-state index in [0.29, 0.717) is 0 Å². The third-order valence-corrected chi connectivity index (χ3v) is 1.23. The molecule has 1 aromatic heterocycles. The van der Waals surface area contributed by atoms with Crippen LogP contribution in [-0.4, -0.2) is 15.4 Å². The molecule has 0 radical (unpaired) electrons. The van der Waals surface area contributed by atoms with Gasteiger partial charge in [-0.2, -0.15) is 0 Å².